The van der Waals surface area contributed by atoms with Crippen molar-refractivity contribution in [2.24, 2.45) is 4.99 Å². The lowest BCUT2D eigenvalue weighted by atomic mass is 10.3. The van der Waals surface area contributed by atoms with Gasteiger partial charge in [-0.3, -0.25) is 4.99 Å². The SMILES string of the molecule is BrC1C=CC=NC1. The molecule has 0 saturated carbocycles. The van der Waals surface area contributed by atoms with Gasteiger partial charge in [-0.2, -0.15) is 0 Å². The lowest BCUT2D eigenvalue weighted by Gasteiger charge is -2.00. The van der Waals surface area contributed by atoms with E-state index in [1.807, 2.05) is 12.3 Å². The van der Waals surface area contributed by atoms with Gasteiger partial charge in [0.25, 0.3) is 0 Å². The van der Waals surface area contributed by atoms with Crippen molar-refractivity contribution < 1.29 is 0 Å². The van der Waals surface area contributed by atoms with Gasteiger partial charge >= 0.3 is 0 Å². The molecule has 0 aromatic heterocycles. The lowest BCUT2D eigenvalue weighted by molar-refractivity contribution is 1.03. The average molecular weight is 160 g/mol. The fourth-order valence-electron chi connectivity index (χ4n) is 0.454. The van der Waals surface area contributed by atoms with Crippen LogP contribution in [0.25, 0.3) is 0 Å². The predicted octanol–water partition coefficient (Wildman–Crippen LogP) is 1.39. The summed E-state index contributed by atoms with van der Waals surface area (Å²) in [5, 5.41) is 0. The van der Waals surface area contributed by atoms with E-state index in [1.165, 1.54) is 0 Å². The molecule has 0 aromatic carbocycles. The number of aliphatic imine (C=N–C) groups is 1. The minimum Gasteiger partial charge on any atom is -0.292 e. The Balaban J connectivity index is 2.49. The van der Waals surface area contributed by atoms with Gasteiger partial charge in [-0.15, -0.1) is 0 Å². The summed E-state index contributed by atoms with van der Waals surface area (Å²) in [5.74, 6) is 0. The Kier molecular flexibility index (Phi) is 1.63. The van der Waals surface area contributed by atoms with E-state index in [0.29, 0.717) is 4.83 Å². The van der Waals surface area contributed by atoms with Crippen LogP contribution in [0.5, 0.6) is 0 Å². The zero-order valence-electron chi connectivity index (χ0n) is 3.84. The third-order valence-corrected chi connectivity index (χ3v) is 1.39. The van der Waals surface area contributed by atoms with Crippen LogP contribution >= 0.6 is 15.9 Å². The maximum absolute atomic E-state index is 4.00. The highest BCUT2D eigenvalue weighted by Gasteiger charge is 1.96. The summed E-state index contributed by atoms with van der Waals surface area (Å²) in [6.45, 7) is 0.885. The Labute approximate surface area is 51.3 Å². The quantitative estimate of drug-likeness (QED) is 0.475. The second-order valence-corrected chi connectivity index (χ2v) is 2.59. The standard InChI is InChI=1S/C5H6BrN/c6-5-2-1-3-7-4-5/h1-3,5H,4H2. The number of hydrogen-bond donors (Lipinski definition) is 0. The van der Waals surface area contributed by atoms with Gasteiger partial charge in [0.05, 0.1) is 11.4 Å². The molecule has 1 aliphatic heterocycles. The van der Waals surface area contributed by atoms with Gasteiger partial charge in [0, 0.05) is 6.21 Å². The van der Waals surface area contributed by atoms with Gasteiger partial charge in [0.1, 0.15) is 0 Å². The number of alkyl halides is 1. The van der Waals surface area contributed by atoms with E-state index in [2.05, 4.69) is 27.0 Å². The summed E-state index contributed by atoms with van der Waals surface area (Å²) in [7, 11) is 0. The monoisotopic (exact) mass is 159 g/mol. The first-order valence-electron chi connectivity index (χ1n) is 2.20. The Bertz CT molecular complexity index is 107. The Morgan fingerprint density at radius 2 is 2.57 bits per heavy atom. The maximum Gasteiger partial charge on any atom is 0.0549 e. The van der Waals surface area contributed by atoms with Crippen molar-refractivity contribution in [3.63, 3.8) is 0 Å². The highest BCUT2D eigenvalue weighted by Crippen LogP contribution is 2.03. The summed E-state index contributed by atoms with van der Waals surface area (Å²) in [4.78, 5) is 4.47. The van der Waals surface area contributed by atoms with Crippen LogP contribution in [0.2, 0.25) is 0 Å². The van der Waals surface area contributed by atoms with E-state index in [-0.39, 0.29) is 0 Å². The van der Waals surface area contributed by atoms with Gasteiger partial charge in [-0.25, -0.2) is 0 Å². The molecule has 1 aliphatic rings. The molecule has 2 heteroatoms. The molecule has 7 heavy (non-hydrogen) atoms. The molecule has 0 spiro atoms. The highest BCUT2D eigenvalue weighted by molar-refractivity contribution is 9.09. The third-order valence-electron chi connectivity index (χ3n) is 0.791. The molecule has 38 valence electrons. The molecule has 1 heterocycles. The lowest BCUT2D eigenvalue weighted by Crippen LogP contribution is -2.00. The van der Waals surface area contributed by atoms with Gasteiger partial charge < -0.3 is 0 Å². The summed E-state index contributed by atoms with van der Waals surface area (Å²) < 4.78 is 0. The molecular formula is C5H6BrN. The van der Waals surface area contributed by atoms with Crippen LogP contribution < -0.4 is 0 Å². The molecule has 0 saturated heterocycles. The first kappa shape index (κ1) is 5.04. The fraction of sp³-hybridized carbons (Fsp3) is 0.400. The van der Waals surface area contributed by atoms with Crippen molar-refractivity contribution in [1.82, 2.24) is 0 Å². The fourth-order valence-corrected chi connectivity index (χ4v) is 0.797. The molecule has 1 nitrogen and oxygen atoms in total. The molecule has 0 amide bonds. The second kappa shape index (κ2) is 2.26. The molecule has 0 fully saturated rings. The summed E-state index contributed by atoms with van der Waals surface area (Å²) in [6, 6.07) is 0. The minimum absolute atomic E-state index is 0.470. The van der Waals surface area contributed by atoms with E-state index in [0.717, 1.165) is 6.54 Å². The third kappa shape index (κ3) is 1.43. The molecule has 0 bridgehead atoms. The first-order valence-corrected chi connectivity index (χ1v) is 3.12. The summed E-state index contributed by atoms with van der Waals surface area (Å²) in [6.07, 6.45) is 5.84. The van der Waals surface area contributed by atoms with Crippen molar-refractivity contribution in [2.75, 3.05) is 6.54 Å². The molecule has 1 atom stereocenters. The topological polar surface area (TPSA) is 12.4 Å². The van der Waals surface area contributed by atoms with Crippen LogP contribution in [0.3, 0.4) is 0 Å². The van der Waals surface area contributed by atoms with Gasteiger partial charge in [-0.05, 0) is 6.08 Å². The predicted molar refractivity (Wildman–Crippen MR) is 35.2 cm³/mol. The number of rotatable bonds is 0. The largest absolute Gasteiger partial charge is 0.292 e. The number of nitrogens with zero attached hydrogens (tertiary/aromatic N) is 1. The molecule has 0 N–H and O–H groups in total. The highest BCUT2D eigenvalue weighted by atomic mass is 79.9. The maximum atomic E-state index is 4.00. The zero-order valence-corrected chi connectivity index (χ0v) is 5.43. The zero-order chi connectivity index (χ0) is 5.11. The molecule has 1 rings (SSSR count). The van der Waals surface area contributed by atoms with Crippen LogP contribution in [0.4, 0.5) is 0 Å². The smallest absolute Gasteiger partial charge is 0.0549 e. The van der Waals surface area contributed by atoms with Gasteiger partial charge in [0.2, 0.25) is 0 Å². The van der Waals surface area contributed by atoms with Crippen LogP contribution in [-0.2, 0) is 0 Å². The van der Waals surface area contributed by atoms with Crippen molar-refractivity contribution in [1.29, 1.82) is 0 Å². The molecule has 0 radical (unpaired) electrons. The summed E-state index contributed by atoms with van der Waals surface area (Å²) >= 11 is 3.39. The minimum atomic E-state index is 0.470. The number of allylic oxidation sites excluding steroid dienone is 1. The Hall–Kier alpha value is -0.110. The molecule has 0 aromatic rings. The Morgan fingerprint density at radius 1 is 1.71 bits per heavy atom. The average Bonchev–Trinajstić information content (AvgIpc) is 1.69. The number of hydrogen-bond acceptors (Lipinski definition) is 1. The molecule has 0 aliphatic carbocycles. The summed E-state index contributed by atoms with van der Waals surface area (Å²) in [5.41, 5.74) is 0. The van der Waals surface area contributed by atoms with E-state index in [9.17, 15) is 0 Å². The molecule has 1 unspecified atom stereocenters. The van der Waals surface area contributed by atoms with E-state index in [1.54, 1.807) is 0 Å². The first-order chi connectivity index (χ1) is 3.39. The van der Waals surface area contributed by atoms with Gasteiger partial charge in [-0.1, -0.05) is 22.0 Å². The van der Waals surface area contributed by atoms with Crippen LogP contribution in [-0.4, -0.2) is 17.6 Å². The van der Waals surface area contributed by atoms with Crippen molar-refractivity contribution in [2.45, 2.75) is 4.83 Å². The Morgan fingerprint density at radius 3 is 2.86 bits per heavy atom. The van der Waals surface area contributed by atoms with Crippen LogP contribution in [0.1, 0.15) is 0 Å². The van der Waals surface area contributed by atoms with Crippen molar-refractivity contribution in [3.05, 3.63) is 12.2 Å². The number of halogens is 1. The van der Waals surface area contributed by atoms with Crippen molar-refractivity contribution in [3.8, 4) is 0 Å². The molecular weight excluding hydrogens is 154 g/mol. The van der Waals surface area contributed by atoms with E-state index in [4.69, 9.17) is 0 Å². The van der Waals surface area contributed by atoms with E-state index < -0.39 is 0 Å². The van der Waals surface area contributed by atoms with Crippen molar-refractivity contribution >= 4 is 22.1 Å². The van der Waals surface area contributed by atoms with Crippen LogP contribution in [0, 0.1) is 0 Å². The van der Waals surface area contributed by atoms with Gasteiger partial charge in [0.15, 0.2) is 0 Å². The second-order valence-electron chi connectivity index (χ2n) is 1.42. The number of dihydropyridines is 1. The van der Waals surface area contributed by atoms with E-state index >= 15 is 0 Å². The normalized spacial score (nSPS) is 28.4. The van der Waals surface area contributed by atoms with Crippen LogP contribution in [0.15, 0.2) is 17.1 Å².